The molecule has 1 aliphatic rings. The molecule has 0 N–H and O–H groups in total. The minimum Gasteiger partial charge on any atom is -0.292 e. The smallest absolute Gasteiger partial charge is 0.123 e. The molecular formula is C24H24FN5. The first-order valence-electron chi connectivity index (χ1n) is 10.1. The lowest BCUT2D eigenvalue weighted by molar-refractivity contribution is 0.226. The highest BCUT2D eigenvalue weighted by molar-refractivity contribution is 5.59. The van der Waals surface area contributed by atoms with Gasteiger partial charge in [-0.3, -0.25) is 14.3 Å². The lowest BCUT2D eigenvalue weighted by atomic mass is 9.86. The van der Waals surface area contributed by atoms with Crippen molar-refractivity contribution >= 4 is 0 Å². The number of aromatic nitrogens is 4. The van der Waals surface area contributed by atoms with E-state index in [1.807, 2.05) is 29.7 Å². The van der Waals surface area contributed by atoms with Gasteiger partial charge in [0.25, 0.3) is 0 Å². The third-order valence-corrected chi connectivity index (χ3v) is 5.89. The fourth-order valence-electron chi connectivity index (χ4n) is 4.35. The summed E-state index contributed by atoms with van der Waals surface area (Å²) in [6, 6.07) is 17.3. The van der Waals surface area contributed by atoms with Crippen LogP contribution in [0.5, 0.6) is 0 Å². The van der Waals surface area contributed by atoms with Crippen LogP contribution in [0, 0.1) is 5.82 Å². The molecule has 3 heterocycles. The molecule has 0 saturated carbocycles. The monoisotopic (exact) mass is 401 g/mol. The molecule has 0 saturated heterocycles. The van der Waals surface area contributed by atoms with Crippen molar-refractivity contribution in [2.75, 3.05) is 6.54 Å². The third kappa shape index (κ3) is 3.55. The van der Waals surface area contributed by atoms with Gasteiger partial charge in [-0.2, -0.15) is 10.2 Å². The van der Waals surface area contributed by atoms with E-state index in [2.05, 4.69) is 51.6 Å². The van der Waals surface area contributed by atoms with E-state index >= 15 is 0 Å². The molecule has 2 aromatic carbocycles. The van der Waals surface area contributed by atoms with Gasteiger partial charge >= 0.3 is 0 Å². The van der Waals surface area contributed by atoms with Crippen molar-refractivity contribution in [3.05, 3.63) is 95.2 Å². The summed E-state index contributed by atoms with van der Waals surface area (Å²) >= 11 is 0. The molecule has 0 aliphatic carbocycles. The summed E-state index contributed by atoms with van der Waals surface area (Å²) in [7, 11) is 3.93. The van der Waals surface area contributed by atoms with Crippen molar-refractivity contribution < 1.29 is 4.39 Å². The zero-order valence-corrected chi connectivity index (χ0v) is 17.2. The Morgan fingerprint density at radius 1 is 1.07 bits per heavy atom. The van der Waals surface area contributed by atoms with Gasteiger partial charge in [0.2, 0.25) is 0 Å². The molecule has 0 radical (unpaired) electrons. The highest BCUT2D eigenvalue weighted by Gasteiger charge is 2.27. The average molecular weight is 401 g/mol. The van der Waals surface area contributed by atoms with Gasteiger partial charge in [0.15, 0.2) is 0 Å². The van der Waals surface area contributed by atoms with Crippen LogP contribution in [0.2, 0.25) is 0 Å². The molecule has 0 unspecified atom stereocenters. The van der Waals surface area contributed by atoms with E-state index in [1.54, 1.807) is 12.1 Å². The van der Waals surface area contributed by atoms with Crippen molar-refractivity contribution in [3.8, 4) is 11.3 Å². The van der Waals surface area contributed by atoms with Gasteiger partial charge in [0.1, 0.15) is 5.82 Å². The van der Waals surface area contributed by atoms with Gasteiger partial charge in [-0.15, -0.1) is 0 Å². The maximum absolute atomic E-state index is 13.3. The molecule has 2 aromatic heterocycles. The number of halogens is 1. The molecule has 5 nitrogen and oxygen atoms in total. The van der Waals surface area contributed by atoms with Crippen molar-refractivity contribution in [2.45, 2.75) is 19.0 Å². The lowest BCUT2D eigenvalue weighted by Crippen LogP contribution is -2.34. The van der Waals surface area contributed by atoms with E-state index in [0.29, 0.717) is 5.92 Å². The number of hydrogen-bond donors (Lipinski definition) is 0. The van der Waals surface area contributed by atoms with E-state index in [9.17, 15) is 4.39 Å². The first-order valence-corrected chi connectivity index (χ1v) is 10.1. The zero-order valence-electron chi connectivity index (χ0n) is 17.2. The third-order valence-electron chi connectivity index (χ3n) is 5.89. The highest BCUT2D eigenvalue weighted by Crippen LogP contribution is 2.34. The summed E-state index contributed by atoms with van der Waals surface area (Å²) in [6.45, 7) is 2.64. The van der Waals surface area contributed by atoms with Gasteiger partial charge in [-0.05, 0) is 47.0 Å². The predicted octanol–water partition coefficient (Wildman–Crippen LogP) is 4.11. The van der Waals surface area contributed by atoms with Crippen LogP contribution >= 0.6 is 0 Å². The first-order chi connectivity index (χ1) is 14.6. The van der Waals surface area contributed by atoms with E-state index in [0.717, 1.165) is 36.6 Å². The topological polar surface area (TPSA) is 38.9 Å². The molecule has 1 aliphatic heterocycles. The van der Waals surface area contributed by atoms with E-state index in [4.69, 9.17) is 0 Å². The summed E-state index contributed by atoms with van der Waals surface area (Å²) in [5, 5.41) is 9.04. The molecule has 0 spiro atoms. The molecular weight excluding hydrogens is 377 g/mol. The van der Waals surface area contributed by atoms with Gasteiger partial charge in [0.05, 0.1) is 17.6 Å². The molecule has 4 aromatic rings. The van der Waals surface area contributed by atoms with Gasteiger partial charge in [-0.25, -0.2) is 4.39 Å². The van der Waals surface area contributed by atoms with Crippen LogP contribution in [0.1, 0.15) is 28.3 Å². The quantitative estimate of drug-likeness (QED) is 0.517. The van der Waals surface area contributed by atoms with Crippen molar-refractivity contribution in [2.24, 2.45) is 14.1 Å². The van der Waals surface area contributed by atoms with Crippen molar-refractivity contribution in [3.63, 3.8) is 0 Å². The molecule has 1 atom stereocenters. The zero-order chi connectivity index (χ0) is 20.7. The summed E-state index contributed by atoms with van der Waals surface area (Å²) in [4.78, 5) is 2.46. The van der Waals surface area contributed by atoms with Gasteiger partial charge < -0.3 is 0 Å². The highest BCUT2D eigenvalue weighted by atomic mass is 19.1. The molecule has 30 heavy (non-hydrogen) atoms. The van der Waals surface area contributed by atoms with E-state index < -0.39 is 0 Å². The van der Waals surface area contributed by atoms with Gasteiger partial charge in [-0.1, -0.05) is 24.3 Å². The van der Waals surface area contributed by atoms with Crippen LogP contribution in [0.4, 0.5) is 4.39 Å². The van der Waals surface area contributed by atoms with E-state index in [1.165, 1.54) is 28.8 Å². The number of aryl methyl sites for hydroxylation is 2. The molecule has 5 rings (SSSR count). The number of benzene rings is 2. The summed E-state index contributed by atoms with van der Waals surface area (Å²) in [5.74, 6) is 0.0665. The Morgan fingerprint density at radius 3 is 2.63 bits per heavy atom. The second-order valence-electron chi connectivity index (χ2n) is 8.02. The Labute approximate surface area is 175 Å². The largest absolute Gasteiger partial charge is 0.292 e. The molecule has 152 valence electrons. The summed E-state index contributed by atoms with van der Waals surface area (Å²) in [6.07, 6.45) is 4.09. The average Bonchev–Trinajstić information content (AvgIpc) is 3.34. The van der Waals surface area contributed by atoms with Crippen LogP contribution in [-0.2, 0) is 27.2 Å². The SMILES string of the molecule is Cn1cc([C@H]2CN(Cc3cc(-c4ccc(F)cc4)nn3C)Cc3ccccc32)cn1. The summed E-state index contributed by atoms with van der Waals surface area (Å²) < 4.78 is 17.1. The van der Waals surface area contributed by atoms with Crippen molar-refractivity contribution in [1.82, 2.24) is 24.5 Å². The fraction of sp³-hybridized carbons (Fsp3) is 0.250. The molecule has 6 heteroatoms. The normalized spacial score (nSPS) is 16.6. The standard InChI is InChI=1S/C24H24FN5/c1-28-13-19(12-26-28)23-16-30(14-18-5-3-4-6-22(18)23)15-21-11-24(27-29(21)2)17-7-9-20(25)10-8-17/h3-13,23H,14-16H2,1-2H3/t23-/m1/s1. The van der Waals surface area contributed by atoms with E-state index in [-0.39, 0.29) is 5.82 Å². The Morgan fingerprint density at radius 2 is 1.87 bits per heavy atom. The molecule has 0 bridgehead atoms. The minimum atomic E-state index is -0.233. The molecule has 0 fully saturated rings. The molecule has 0 amide bonds. The van der Waals surface area contributed by atoms with Crippen molar-refractivity contribution in [1.29, 1.82) is 0 Å². The van der Waals surface area contributed by atoms with Crippen LogP contribution in [0.15, 0.2) is 67.0 Å². The maximum atomic E-state index is 13.3. The Balaban J connectivity index is 1.42. The first kappa shape index (κ1) is 18.8. The van der Waals surface area contributed by atoms with Gasteiger partial charge in [0, 0.05) is 51.4 Å². The van der Waals surface area contributed by atoms with Crippen LogP contribution < -0.4 is 0 Å². The lowest BCUT2D eigenvalue weighted by Gasteiger charge is -2.34. The van der Waals surface area contributed by atoms with Crippen LogP contribution in [0.3, 0.4) is 0 Å². The number of nitrogens with zero attached hydrogens (tertiary/aromatic N) is 5. The van der Waals surface area contributed by atoms with Crippen LogP contribution in [0.25, 0.3) is 11.3 Å². The fourth-order valence-corrected chi connectivity index (χ4v) is 4.35. The second-order valence-corrected chi connectivity index (χ2v) is 8.02. The maximum Gasteiger partial charge on any atom is 0.123 e. The second kappa shape index (κ2) is 7.54. The van der Waals surface area contributed by atoms with Crippen LogP contribution in [-0.4, -0.2) is 31.0 Å². The minimum absolute atomic E-state index is 0.233. The predicted molar refractivity (Wildman–Crippen MR) is 114 cm³/mol. The summed E-state index contributed by atoms with van der Waals surface area (Å²) in [5.41, 5.74) is 6.92. The Bertz CT molecular complexity index is 1170. The number of fused-ring (bicyclic) bond motifs is 1. The Hall–Kier alpha value is -3.25. The Kier molecular flexibility index (Phi) is 4.71. The number of hydrogen-bond acceptors (Lipinski definition) is 3. The number of rotatable bonds is 4.